The first-order chi connectivity index (χ1) is 19.2. The maximum atomic E-state index is 13.6. The smallest absolute Gasteiger partial charge is 0.293 e. The van der Waals surface area contributed by atoms with Gasteiger partial charge in [-0.25, -0.2) is 0 Å². The number of nitrogens with two attached hydrogens (primary N) is 1. The van der Waals surface area contributed by atoms with Crippen molar-refractivity contribution in [3.63, 3.8) is 0 Å². The summed E-state index contributed by atoms with van der Waals surface area (Å²) in [6, 6.07) is 19.7. The van der Waals surface area contributed by atoms with Crippen molar-refractivity contribution in [1.82, 2.24) is 0 Å². The van der Waals surface area contributed by atoms with Crippen LogP contribution in [0.1, 0.15) is 47.4 Å². The molecule has 1 unspecified atom stereocenters. The Morgan fingerprint density at radius 1 is 1.15 bits per heavy atom. The third-order valence-electron chi connectivity index (χ3n) is 7.46. The zero-order valence-electron chi connectivity index (χ0n) is 22.1. The van der Waals surface area contributed by atoms with E-state index in [0.717, 1.165) is 22.3 Å². The number of aryl methyl sites for hydroxylation is 1. The van der Waals surface area contributed by atoms with Crippen molar-refractivity contribution < 1.29 is 14.5 Å². The number of nitrogens with zero attached hydrogens (tertiary/aromatic N) is 3. The molecule has 0 saturated heterocycles. The monoisotopic (exact) mass is 554 g/mol. The number of Topliss-reactive ketones (excluding diaryl/α,β-unsaturated/α-hetero) is 1. The van der Waals surface area contributed by atoms with E-state index < -0.39 is 10.8 Å². The van der Waals surface area contributed by atoms with Crippen LogP contribution in [0.3, 0.4) is 0 Å². The minimum atomic E-state index is -0.703. The molecule has 0 saturated carbocycles. The van der Waals surface area contributed by atoms with Crippen molar-refractivity contribution in [2.24, 2.45) is 5.73 Å². The van der Waals surface area contributed by atoms with E-state index in [1.807, 2.05) is 38.1 Å². The van der Waals surface area contributed by atoms with Crippen LogP contribution in [0.25, 0.3) is 0 Å². The second kappa shape index (κ2) is 10.9. The molecule has 0 radical (unpaired) electrons. The number of para-hydroxylation sites is 3. The topological polar surface area (TPSA) is 122 Å². The molecule has 2 aliphatic rings. The van der Waals surface area contributed by atoms with Gasteiger partial charge in [0.15, 0.2) is 5.78 Å². The zero-order chi connectivity index (χ0) is 28.6. The highest BCUT2D eigenvalue weighted by Crippen LogP contribution is 2.48. The van der Waals surface area contributed by atoms with E-state index in [4.69, 9.17) is 22.1 Å². The van der Waals surface area contributed by atoms with Gasteiger partial charge in [-0.15, -0.1) is 0 Å². The molecule has 0 bridgehead atoms. The first kappa shape index (κ1) is 27.0. The summed E-state index contributed by atoms with van der Waals surface area (Å²) in [5.41, 5.74) is 11.4. The summed E-state index contributed by atoms with van der Waals surface area (Å²) in [5.74, 6) is -0.153. The summed E-state index contributed by atoms with van der Waals surface area (Å²) in [4.78, 5) is 26.5. The van der Waals surface area contributed by atoms with Crippen LogP contribution in [0.15, 0.2) is 83.3 Å². The highest BCUT2D eigenvalue weighted by atomic mass is 35.5. The molecule has 2 N–H and O–H groups in total. The van der Waals surface area contributed by atoms with Gasteiger partial charge in [0, 0.05) is 23.8 Å². The van der Waals surface area contributed by atoms with E-state index >= 15 is 0 Å². The molecule has 1 heterocycles. The van der Waals surface area contributed by atoms with Gasteiger partial charge in [-0.1, -0.05) is 53.6 Å². The summed E-state index contributed by atoms with van der Waals surface area (Å²) in [6.07, 6.45) is 1.41. The number of nitro groups is 1. The van der Waals surface area contributed by atoms with Crippen molar-refractivity contribution in [3.8, 4) is 11.8 Å². The van der Waals surface area contributed by atoms with Crippen molar-refractivity contribution >= 4 is 28.8 Å². The molecule has 5 rings (SSSR count). The summed E-state index contributed by atoms with van der Waals surface area (Å²) >= 11 is 6.28. The number of rotatable bonds is 6. The maximum Gasteiger partial charge on any atom is 0.293 e. The highest BCUT2D eigenvalue weighted by molar-refractivity contribution is 6.32. The Hall–Kier alpha value is -4.61. The summed E-state index contributed by atoms with van der Waals surface area (Å²) in [6.45, 7) is 4.12. The molecule has 3 aromatic carbocycles. The molecule has 8 nitrogen and oxygen atoms in total. The Bertz CT molecular complexity index is 1650. The van der Waals surface area contributed by atoms with E-state index in [-0.39, 0.29) is 35.2 Å². The SMILES string of the molecule is Cc1cc(COc2ccccc2Cl)c(C)c(C2C(C#N)=C(N)N(c3ccccc3[N+](=O)[O-])C3=C2C(=O)CCC3)c1. The molecule has 0 amide bonds. The van der Waals surface area contributed by atoms with E-state index in [1.165, 1.54) is 11.0 Å². The third-order valence-corrected chi connectivity index (χ3v) is 7.78. The van der Waals surface area contributed by atoms with Crippen molar-refractivity contribution in [3.05, 3.63) is 121 Å². The van der Waals surface area contributed by atoms with E-state index in [1.54, 1.807) is 30.3 Å². The molecule has 202 valence electrons. The van der Waals surface area contributed by atoms with Crippen LogP contribution in [0, 0.1) is 35.3 Å². The predicted molar refractivity (Wildman–Crippen MR) is 153 cm³/mol. The van der Waals surface area contributed by atoms with Gasteiger partial charge in [0.25, 0.3) is 5.69 Å². The fraction of sp³-hybridized carbons (Fsp3) is 0.226. The average molecular weight is 555 g/mol. The second-order valence-electron chi connectivity index (χ2n) is 9.92. The van der Waals surface area contributed by atoms with E-state index in [2.05, 4.69) is 6.07 Å². The van der Waals surface area contributed by atoms with Gasteiger partial charge in [0.1, 0.15) is 23.9 Å². The van der Waals surface area contributed by atoms with Gasteiger partial charge in [-0.2, -0.15) is 5.26 Å². The van der Waals surface area contributed by atoms with Crippen LogP contribution in [0.2, 0.25) is 5.02 Å². The number of hydrogen-bond acceptors (Lipinski definition) is 7. The lowest BCUT2D eigenvalue weighted by Crippen LogP contribution is -2.39. The minimum absolute atomic E-state index is 0.0880. The molecule has 0 aromatic heterocycles. The molecule has 0 spiro atoms. The van der Waals surface area contributed by atoms with Crippen LogP contribution < -0.4 is 15.4 Å². The number of anilines is 1. The Kier molecular flexibility index (Phi) is 7.33. The van der Waals surface area contributed by atoms with Crippen LogP contribution in [-0.4, -0.2) is 10.7 Å². The quantitative estimate of drug-likeness (QED) is 0.264. The Labute approximate surface area is 237 Å². The predicted octanol–water partition coefficient (Wildman–Crippen LogP) is 6.75. The molecule has 40 heavy (non-hydrogen) atoms. The van der Waals surface area contributed by atoms with Crippen molar-refractivity contribution in [1.29, 1.82) is 5.26 Å². The van der Waals surface area contributed by atoms with Gasteiger partial charge in [-0.05, 0) is 61.6 Å². The van der Waals surface area contributed by atoms with Gasteiger partial charge >= 0.3 is 0 Å². The number of carbonyl (C=O) groups excluding carboxylic acids is 1. The number of nitriles is 1. The van der Waals surface area contributed by atoms with Gasteiger partial charge in [0.2, 0.25) is 0 Å². The van der Waals surface area contributed by atoms with Gasteiger partial charge in [-0.3, -0.25) is 19.8 Å². The molecule has 1 aliphatic heterocycles. The number of carbonyl (C=O) groups is 1. The van der Waals surface area contributed by atoms with Crippen LogP contribution in [-0.2, 0) is 11.4 Å². The Balaban J connectivity index is 1.67. The lowest BCUT2D eigenvalue weighted by atomic mass is 9.73. The average Bonchev–Trinajstić information content (AvgIpc) is 2.93. The number of ether oxygens (including phenoxy) is 1. The fourth-order valence-electron chi connectivity index (χ4n) is 5.61. The number of halogens is 1. The molecule has 9 heteroatoms. The second-order valence-corrected chi connectivity index (χ2v) is 10.3. The molecule has 1 atom stereocenters. The Morgan fingerprint density at radius 2 is 1.88 bits per heavy atom. The minimum Gasteiger partial charge on any atom is -0.487 e. The summed E-state index contributed by atoms with van der Waals surface area (Å²) < 4.78 is 6.03. The third kappa shape index (κ3) is 4.69. The lowest BCUT2D eigenvalue weighted by molar-refractivity contribution is -0.384. The number of benzene rings is 3. The van der Waals surface area contributed by atoms with Crippen molar-refractivity contribution in [2.75, 3.05) is 4.90 Å². The largest absolute Gasteiger partial charge is 0.487 e. The lowest BCUT2D eigenvalue weighted by Gasteiger charge is -2.39. The van der Waals surface area contributed by atoms with E-state index in [9.17, 15) is 20.2 Å². The fourth-order valence-corrected chi connectivity index (χ4v) is 5.80. The molecule has 3 aromatic rings. The number of hydrogen-bond donors (Lipinski definition) is 1. The van der Waals surface area contributed by atoms with Crippen LogP contribution in [0.4, 0.5) is 11.4 Å². The molecular formula is C31H27ClN4O4. The van der Waals surface area contributed by atoms with Crippen LogP contribution in [0.5, 0.6) is 5.75 Å². The summed E-state index contributed by atoms with van der Waals surface area (Å²) in [7, 11) is 0. The van der Waals surface area contributed by atoms with Crippen LogP contribution >= 0.6 is 11.6 Å². The normalized spacial score (nSPS) is 17.0. The number of allylic oxidation sites excluding steroid dienone is 3. The maximum absolute atomic E-state index is 13.6. The van der Waals surface area contributed by atoms with Gasteiger partial charge in [0.05, 0.1) is 27.5 Å². The highest BCUT2D eigenvalue weighted by Gasteiger charge is 2.42. The molecular weight excluding hydrogens is 528 g/mol. The van der Waals surface area contributed by atoms with Gasteiger partial charge < -0.3 is 10.5 Å². The van der Waals surface area contributed by atoms with Crippen molar-refractivity contribution in [2.45, 2.75) is 45.6 Å². The summed E-state index contributed by atoms with van der Waals surface area (Å²) in [5, 5.41) is 22.8. The molecule has 0 fully saturated rings. The first-order valence-corrected chi connectivity index (χ1v) is 13.3. The number of ketones is 1. The Morgan fingerprint density at radius 3 is 2.60 bits per heavy atom. The standard InChI is InChI=1S/C31H27ClN4O4/c1-18-14-20(17-40-28-13-6-3-8-23(28)32)19(2)21(15-18)29-22(16-33)31(34)35(26-11-7-12-27(37)30(26)29)24-9-4-5-10-25(24)36(38)39/h3-6,8-10,13-15,29H,7,11-12,17,34H2,1-2H3. The molecule has 1 aliphatic carbocycles. The zero-order valence-corrected chi connectivity index (χ0v) is 22.9. The number of nitro benzene ring substituents is 1. The van der Waals surface area contributed by atoms with E-state index in [0.29, 0.717) is 41.3 Å². The first-order valence-electron chi connectivity index (χ1n) is 12.9.